The van der Waals surface area contributed by atoms with Crippen LogP contribution >= 0.6 is 11.6 Å². The van der Waals surface area contributed by atoms with Gasteiger partial charge in [-0.1, -0.05) is 35.9 Å². The Hall–Kier alpha value is -3.56. The summed E-state index contributed by atoms with van der Waals surface area (Å²) >= 11 is 6.00. The number of carbonyl (C=O) groups excluding carboxylic acids is 2. The molecule has 0 radical (unpaired) electrons. The van der Waals surface area contributed by atoms with Gasteiger partial charge in [-0.25, -0.2) is 8.42 Å². The maximum atomic E-state index is 14.0. The Labute approximate surface area is 241 Å². The predicted octanol–water partition coefficient (Wildman–Crippen LogP) is 5.18. The third kappa shape index (κ3) is 7.99. The van der Waals surface area contributed by atoms with Gasteiger partial charge < -0.3 is 15.0 Å². The number of nitrogens with zero attached hydrogens (tertiary/aromatic N) is 2. The molecule has 0 unspecified atom stereocenters. The molecule has 3 aromatic rings. The number of hydrogen-bond donors (Lipinski definition) is 1. The lowest BCUT2D eigenvalue weighted by atomic mass is 10.1. The maximum absolute atomic E-state index is 14.0. The number of carbonyl (C=O) groups is 2. The van der Waals surface area contributed by atoms with Crippen molar-refractivity contribution in [1.29, 1.82) is 0 Å². The van der Waals surface area contributed by atoms with Crippen molar-refractivity contribution in [3.63, 3.8) is 0 Å². The van der Waals surface area contributed by atoms with E-state index in [9.17, 15) is 18.0 Å². The lowest BCUT2D eigenvalue weighted by molar-refractivity contribution is -0.140. The summed E-state index contributed by atoms with van der Waals surface area (Å²) in [5.74, 6) is -0.298. The van der Waals surface area contributed by atoms with Crippen LogP contribution in [0.2, 0.25) is 5.02 Å². The van der Waals surface area contributed by atoms with Crippen LogP contribution in [0, 0.1) is 6.92 Å². The van der Waals surface area contributed by atoms with Gasteiger partial charge in [0.1, 0.15) is 18.3 Å². The minimum absolute atomic E-state index is 0.0101. The number of anilines is 1. The molecule has 10 heteroatoms. The number of amides is 2. The number of halogens is 1. The maximum Gasteiger partial charge on any atom is 0.264 e. The van der Waals surface area contributed by atoms with Gasteiger partial charge in [0.15, 0.2) is 0 Å². The van der Waals surface area contributed by atoms with E-state index in [0.717, 1.165) is 15.4 Å². The number of benzene rings is 3. The number of sulfonamides is 1. The summed E-state index contributed by atoms with van der Waals surface area (Å²) in [6.45, 7) is 8.57. The molecular formula is C30H36ClN3O5S. The normalized spacial score (nSPS) is 12.4. The second-order valence-electron chi connectivity index (χ2n) is 10.6. The molecule has 1 N–H and O–H groups in total. The van der Waals surface area contributed by atoms with Crippen LogP contribution in [0.1, 0.15) is 38.8 Å². The molecule has 0 saturated heterocycles. The minimum Gasteiger partial charge on any atom is -0.497 e. The van der Waals surface area contributed by atoms with Crippen LogP contribution in [0.25, 0.3) is 0 Å². The van der Waals surface area contributed by atoms with Crippen LogP contribution < -0.4 is 14.4 Å². The summed E-state index contributed by atoms with van der Waals surface area (Å²) in [7, 11) is -2.62. The Morgan fingerprint density at radius 1 is 1.00 bits per heavy atom. The molecule has 214 valence electrons. The first-order valence-corrected chi connectivity index (χ1v) is 14.6. The zero-order valence-electron chi connectivity index (χ0n) is 23.6. The Morgan fingerprint density at radius 2 is 1.65 bits per heavy atom. The van der Waals surface area contributed by atoms with Crippen LogP contribution in [0.5, 0.6) is 5.75 Å². The van der Waals surface area contributed by atoms with E-state index in [4.69, 9.17) is 16.3 Å². The number of hydrogen-bond acceptors (Lipinski definition) is 5. The summed E-state index contributed by atoms with van der Waals surface area (Å²) in [6, 6.07) is 18.9. The smallest absolute Gasteiger partial charge is 0.264 e. The number of rotatable bonds is 10. The van der Waals surface area contributed by atoms with Crippen LogP contribution in [-0.2, 0) is 26.2 Å². The first-order valence-electron chi connectivity index (χ1n) is 12.8. The summed E-state index contributed by atoms with van der Waals surface area (Å²) in [5.41, 5.74) is 1.36. The summed E-state index contributed by atoms with van der Waals surface area (Å²) in [4.78, 5) is 28.6. The van der Waals surface area contributed by atoms with E-state index in [1.54, 1.807) is 50.4 Å². The molecule has 0 aliphatic carbocycles. The molecular weight excluding hydrogens is 550 g/mol. The monoisotopic (exact) mass is 585 g/mol. The SMILES string of the molecule is COc1cccc(CN(C(=O)CN(c2cccc(C)c2)S(=O)(=O)c2ccc(Cl)cc2)[C@@H](C)C(=O)NC(C)(C)C)c1. The lowest BCUT2D eigenvalue weighted by Gasteiger charge is -2.33. The van der Waals surface area contributed by atoms with Gasteiger partial charge in [-0.2, -0.15) is 0 Å². The second-order valence-corrected chi connectivity index (χ2v) is 12.9. The first-order chi connectivity index (χ1) is 18.7. The van der Waals surface area contributed by atoms with Crippen molar-refractivity contribution in [3.8, 4) is 5.75 Å². The second kappa shape index (κ2) is 12.7. The van der Waals surface area contributed by atoms with Crippen molar-refractivity contribution in [3.05, 3.63) is 88.9 Å². The molecule has 0 heterocycles. The zero-order valence-corrected chi connectivity index (χ0v) is 25.2. The summed E-state index contributed by atoms with van der Waals surface area (Å²) < 4.78 is 34.1. The number of methoxy groups -OCH3 is 1. The molecule has 40 heavy (non-hydrogen) atoms. The fraction of sp³-hybridized carbons (Fsp3) is 0.333. The molecule has 0 aliphatic rings. The van der Waals surface area contributed by atoms with E-state index in [1.165, 1.54) is 29.2 Å². The largest absolute Gasteiger partial charge is 0.497 e. The van der Waals surface area contributed by atoms with Gasteiger partial charge in [0, 0.05) is 17.1 Å². The topological polar surface area (TPSA) is 96.0 Å². The van der Waals surface area contributed by atoms with Gasteiger partial charge >= 0.3 is 0 Å². The van der Waals surface area contributed by atoms with Gasteiger partial charge in [0.2, 0.25) is 11.8 Å². The van der Waals surface area contributed by atoms with Gasteiger partial charge in [0.05, 0.1) is 17.7 Å². The van der Waals surface area contributed by atoms with Crippen molar-refractivity contribution in [2.24, 2.45) is 0 Å². The molecule has 0 aliphatic heterocycles. The van der Waals surface area contributed by atoms with E-state index in [0.29, 0.717) is 16.5 Å². The average Bonchev–Trinajstić information content (AvgIpc) is 2.89. The standard InChI is InChI=1S/C30H36ClN3O5S/c1-21-9-7-11-25(17-21)34(40(37,38)27-15-13-24(31)14-16-27)20-28(35)33(22(2)29(36)32-30(3,4)5)19-23-10-8-12-26(18-23)39-6/h7-18,22H,19-20H2,1-6H3,(H,32,36)/t22-/m0/s1. The fourth-order valence-corrected chi connectivity index (χ4v) is 5.60. The molecule has 0 bridgehead atoms. The lowest BCUT2D eigenvalue weighted by Crippen LogP contribution is -2.54. The number of aryl methyl sites for hydroxylation is 1. The third-order valence-electron chi connectivity index (χ3n) is 6.12. The molecule has 0 fully saturated rings. The van der Waals surface area contributed by atoms with Crippen LogP contribution in [0.4, 0.5) is 5.69 Å². The highest BCUT2D eigenvalue weighted by Crippen LogP contribution is 2.26. The molecule has 2 amide bonds. The van der Waals surface area contributed by atoms with Crippen molar-refractivity contribution < 1.29 is 22.7 Å². The molecule has 0 aromatic heterocycles. The number of nitrogens with one attached hydrogen (secondary N) is 1. The van der Waals surface area contributed by atoms with Crippen LogP contribution in [0.3, 0.4) is 0 Å². The quantitative estimate of drug-likeness (QED) is 0.353. The van der Waals surface area contributed by atoms with E-state index < -0.39 is 34.1 Å². The van der Waals surface area contributed by atoms with Gasteiger partial charge in [-0.3, -0.25) is 13.9 Å². The van der Waals surface area contributed by atoms with E-state index in [2.05, 4.69) is 5.32 Å². The molecule has 8 nitrogen and oxygen atoms in total. The molecule has 0 saturated carbocycles. The highest BCUT2D eigenvalue weighted by Gasteiger charge is 2.33. The Bertz CT molecular complexity index is 1450. The van der Waals surface area contributed by atoms with Crippen molar-refractivity contribution in [2.45, 2.75) is 57.6 Å². The average molecular weight is 586 g/mol. The van der Waals surface area contributed by atoms with Crippen LogP contribution in [0.15, 0.2) is 77.7 Å². The van der Waals surface area contributed by atoms with Crippen molar-refractivity contribution in [1.82, 2.24) is 10.2 Å². The Balaban J connectivity index is 2.05. The van der Waals surface area contributed by atoms with Crippen molar-refractivity contribution >= 4 is 39.1 Å². The van der Waals surface area contributed by atoms with Gasteiger partial charge in [-0.05, 0) is 94.3 Å². The predicted molar refractivity (Wildman–Crippen MR) is 158 cm³/mol. The summed E-state index contributed by atoms with van der Waals surface area (Å²) in [5, 5.41) is 3.30. The molecule has 1 atom stereocenters. The summed E-state index contributed by atoms with van der Waals surface area (Å²) in [6.07, 6.45) is 0. The van der Waals surface area contributed by atoms with E-state index in [1.807, 2.05) is 39.8 Å². The van der Waals surface area contributed by atoms with Crippen molar-refractivity contribution in [2.75, 3.05) is 18.0 Å². The first kappa shape index (κ1) is 31.0. The Kier molecular flexibility index (Phi) is 9.87. The zero-order chi connectivity index (χ0) is 29.7. The van der Waals surface area contributed by atoms with E-state index >= 15 is 0 Å². The van der Waals surface area contributed by atoms with Gasteiger partial charge in [-0.15, -0.1) is 0 Å². The highest BCUT2D eigenvalue weighted by molar-refractivity contribution is 7.92. The van der Waals surface area contributed by atoms with Gasteiger partial charge in [0.25, 0.3) is 10.0 Å². The molecule has 0 spiro atoms. The minimum atomic E-state index is -4.17. The Morgan fingerprint density at radius 3 is 2.25 bits per heavy atom. The fourth-order valence-electron chi connectivity index (χ4n) is 4.07. The number of ether oxygens (including phenoxy) is 1. The highest BCUT2D eigenvalue weighted by atomic mass is 35.5. The third-order valence-corrected chi connectivity index (χ3v) is 8.16. The molecule has 3 aromatic carbocycles. The van der Waals surface area contributed by atoms with E-state index in [-0.39, 0.29) is 17.3 Å². The van der Waals surface area contributed by atoms with Crippen LogP contribution in [-0.4, -0.2) is 50.4 Å². The molecule has 3 rings (SSSR count).